The van der Waals surface area contributed by atoms with Gasteiger partial charge in [0.1, 0.15) is 0 Å². The molecule has 0 saturated carbocycles. The van der Waals surface area contributed by atoms with Crippen LogP contribution in [0.5, 0.6) is 0 Å². The summed E-state index contributed by atoms with van der Waals surface area (Å²) in [7, 11) is 0. The molecule has 106 valence electrons. The maximum atomic E-state index is 11.8. The first-order valence-corrected chi connectivity index (χ1v) is 6.70. The third-order valence-corrected chi connectivity index (χ3v) is 2.78. The largest absolute Gasteiger partial charge is 0.352 e. The molecule has 4 heteroatoms. The van der Waals surface area contributed by atoms with Crippen LogP contribution in [0.1, 0.15) is 44.9 Å². The number of hydrogen-bond acceptors (Lipinski definition) is 3. The summed E-state index contributed by atoms with van der Waals surface area (Å²) < 4.78 is 0. The molecule has 1 heterocycles. The zero-order chi connectivity index (χ0) is 14.5. The summed E-state index contributed by atoms with van der Waals surface area (Å²) in [6, 6.07) is 3.82. The summed E-state index contributed by atoms with van der Waals surface area (Å²) in [5.41, 5.74) is 8.11. The Hall–Kier alpha value is -1.42. The second-order valence-corrected chi connectivity index (χ2v) is 6.31. The number of aryl methyl sites for hydroxylation is 1. The summed E-state index contributed by atoms with van der Waals surface area (Å²) in [5.74, 6) is -0.00248. The number of carbonyl (C=O) groups is 1. The lowest BCUT2D eigenvalue weighted by atomic mass is 9.87. The van der Waals surface area contributed by atoms with Crippen molar-refractivity contribution in [2.45, 2.75) is 53.1 Å². The number of rotatable bonds is 5. The zero-order valence-corrected chi connectivity index (χ0v) is 12.4. The van der Waals surface area contributed by atoms with Crippen LogP contribution in [0.2, 0.25) is 0 Å². The molecule has 0 aliphatic rings. The Bertz CT molecular complexity index is 406. The minimum Gasteiger partial charge on any atom is -0.352 e. The van der Waals surface area contributed by atoms with Crippen LogP contribution in [0.3, 0.4) is 0 Å². The zero-order valence-electron chi connectivity index (χ0n) is 12.4. The van der Waals surface area contributed by atoms with E-state index in [0.717, 1.165) is 17.7 Å². The smallest absolute Gasteiger partial charge is 0.221 e. The number of hydrogen-bond donors (Lipinski definition) is 2. The molecule has 0 bridgehead atoms. The van der Waals surface area contributed by atoms with Crippen LogP contribution in [0.15, 0.2) is 18.3 Å². The van der Waals surface area contributed by atoms with E-state index in [1.54, 1.807) is 6.20 Å². The number of carbonyl (C=O) groups excluding carboxylic acids is 1. The molecule has 1 aromatic rings. The molecular weight excluding hydrogens is 238 g/mol. The highest BCUT2D eigenvalue weighted by molar-refractivity contribution is 5.76. The fraction of sp³-hybridized carbons (Fsp3) is 0.600. The van der Waals surface area contributed by atoms with Gasteiger partial charge in [-0.3, -0.25) is 9.78 Å². The summed E-state index contributed by atoms with van der Waals surface area (Å²) in [4.78, 5) is 16.0. The average Bonchev–Trinajstić information content (AvgIpc) is 2.25. The summed E-state index contributed by atoms with van der Waals surface area (Å²) in [5, 5.41) is 2.88. The molecule has 1 unspecified atom stereocenters. The van der Waals surface area contributed by atoms with E-state index in [-0.39, 0.29) is 17.4 Å². The quantitative estimate of drug-likeness (QED) is 0.855. The molecule has 0 aromatic carbocycles. The van der Waals surface area contributed by atoms with E-state index in [1.807, 2.05) is 19.1 Å². The van der Waals surface area contributed by atoms with Crippen molar-refractivity contribution in [3.63, 3.8) is 0 Å². The minimum absolute atomic E-state index is 0.00248. The Morgan fingerprint density at radius 3 is 2.63 bits per heavy atom. The topological polar surface area (TPSA) is 68.0 Å². The van der Waals surface area contributed by atoms with Gasteiger partial charge < -0.3 is 11.1 Å². The molecule has 1 amide bonds. The van der Waals surface area contributed by atoms with Crippen molar-refractivity contribution in [2.75, 3.05) is 0 Å². The van der Waals surface area contributed by atoms with Crippen molar-refractivity contribution >= 4 is 5.91 Å². The predicted molar refractivity (Wildman–Crippen MR) is 77.5 cm³/mol. The molecule has 1 aromatic heterocycles. The molecule has 0 radical (unpaired) electrons. The average molecular weight is 263 g/mol. The fourth-order valence-corrected chi connectivity index (χ4v) is 1.97. The van der Waals surface area contributed by atoms with Crippen molar-refractivity contribution < 1.29 is 4.79 Å². The Balaban J connectivity index is 2.33. The number of pyridine rings is 1. The van der Waals surface area contributed by atoms with E-state index >= 15 is 0 Å². The van der Waals surface area contributed by atoms with Gasteiger partial charge in [0.15, 0.2) is 0 Å². The van der Waals surface area contributed by atoms with Gasteiger partial charge in [-0.25, -0.2) is 0 Å². The van der Waals surface area contributed by atoms with Crippen molar-refractivity contribution in [1.29, 1.82) is 0 Å². The fourth-order valence-electron chi connectivity index (χ4n) is 1.97. The van der Waals surface area contributed by atoms with Crippen molar-refractivity contribution in [3.05, 3.63) is 29.6 Å². The monoisotopic (exact) mass is 263 g/mol. The lowest BCUT2D eigenvalue weighted by molar-refractivity contribution is -0.121. The van der Waals surface area contributed by atoms with Gasteiger partial charge in [-0.2, -0.15) is 0 Å². The molecule has 0 aliphatic heterocycles. The molecule has 1 atom stereocenters. The van der Waals surface area contributed by atoms with Gasteiger partial charge in [-0.15, -0.1) is 0 Å². The maximum Gasteiger partial charge on any atom is 0.221 e. The molecular formula is C15H25N3O. The first-order valence-electron chi connectivity index (χ1n) is 6.70. The molecule has 19 heavy (non-hydrogen) atoms. The summed E-state index contributed by atoms with van der Waals surface area (Å²) in [6.45, 7) is 8.83. The molecule has 1 rings (SSSR count). The first-order chi connectivity index (χ1) is 8.76. The standard InChI is InChI=1S/C15H25N3O/c1-11-5-6-12(9-17-11)10-18-14(19)7-13(16)8-15(2,3)4/h5-6,9,13H,7-8,10,16H2,1-4H3,(H,18,19). The third-order valence-electron chi connectivity index (χ3n) is 2.78. The van der Waals surface area contributed by atoms with Crippen molar-refractivity contribution in [1.82, 2.24) is 10.3 Å². The van der Waals surface area contributed by atoms with E-state index < -0.39 is 0 Å². The van der Waals surface area contributed by atoms with Crippen molar-refractivity contribution in [2.24, 2.45) is 11.1 Å². The Morgan fingerprint density at radius 2 is 2.11 bits per heavy atom. The van der Waals surface area contributed by atoms with Crippen molar-refractivity contribution in [3.8, 4) is 0 Å². The molecule has 0 spiro atoms. The number of nitrogens with two attached hydrogens (primary N) is 1. The number of aromatic nitrogens is 1. The second-order valence-electron chi connectivity index (χ2n) is 6.31. The second kappa shape index (κ2) is 6.66. The van der Waals surface area contributed by atoms with Gasteiger partial charge >= 0.3 is 0 Å². The van der Waals surface area contributed by atoms with E-state index in [9.17, 15) is 4.79 Å². The Morgan fingerprint density at radius 1 is 1.42 bits per heavy atom. The van der Waals surface area contributed by atoms with E-state index in [0.29, 0.717) is 13.0 Å². The van der Waals surface area contributed by atoms with Gasteiger partial charge in [0, 0.05) is 30.9 Å². The van der Waals surface area contributed by atoms with Crippen LogP contribution in [0.4, 0.5) is 0 Å². The van der Waals surface area contributed by atoms with Gasteiger partial charge in [-0.1, -0.05) is 26.8 Å². The maximum absolute atomic E-state index is 11.8. The van der Waals surface area contributed by atoms with Crippen LogP contribution in [0, 0.1) is 12.3 Å². The van der Waals surface area contributed by atoms with Gasteiger partial charge in [-0.05, 0) is 30.4 Å². The molecule has 0 aliphatic carbocycles. The lowest BCUT2D eigenvalue weighted by Crippen LogP contribution is -2.34. The van der Waals surface area contributed by atoms with Crippen LogP contribution in [0.25, 0.3) is 0 Å². The van der Waals surface area contributed by atoms with Gasteiger partial charge in [0.2, 0.25) is 5.91 Å². The number of nitrogens with one attached hydrogen (secondary N) is 1. The normalized spacial score (nSPS) is 13.1. The Labute approximate surface area is 115 Å². The summed E-state index contributed by atoms with van der Waals surface area (Å²) >= 11 is 0. The third kappa shape index (κ3) is 6.91. The van der Waals surface area contributed by atoms with E-state index in [2.05, 4.69) is 31.1 Å². The van der Waals surface area contributed by atoms with E-state index in [1.165, 1.54) is 0 Å². The van der Waals surface area contributed by atoms with Crippen LogP contribution >= 0.6 is 0 Å². The predicted octanol–water partition coefficient (Wildman–Crippen LogP) is 2.16. The highest BCUT2D eigenvalue weighted by Gasteiger charge is 2.17. The lowest BCUT2D eigenvalue weighted by Gasteiger charge is -2.22. The summed E-state index contributed by atoms with van der Waals surface area (Å²) in [6.07, 6.45) is 2.99. The van der Waals surface area contributed by atoms with Gasteiger partial charge in [0.05, 0.1) is 0 Å². The molecule has 0 saturated heterocycles. The Kier molecular flexibility index (Phi) is 5.48. The van der Waals surface area contributed by atoms with Crippen LogP contribution in [-0.4, -0.2) is 16.9 Å². The number of nitrogens with zero attached hydrogens (tertiary/aromatic N) is 1. The molecule has 4 nitrogen and oxygen atoms in total. The van der Waals surface area contributed by atoms with E-state index in [4.69, 9.17) is 5.73 Å². The number of amides is 1. The minimum atomic E-state index is -0.0869. The van der Waals surface area contributed by atoms with Crippen LogP contribution < -0.4 is 11.1 Å². The highest BCUT2D eigenvalue weighted by atomic mass is 16.1. The molecule has 3 N–H and O–H groups in total. The highest BCUT2D eigenvalue weighted by Crippen LogP contribution is 2.20. The van der Waals surface area contributed by atoms with Gasteiger partial charge in [0.25, 0.3) is 0 Å². The van der Waals surface area contributed by atoms with Crippen LogP contribution in [-0.2, 0) is 11.3 Å². The SMILES string of the molecule is Cc1ccc(CNC(=O)CC(N)CC(C)(C)C)cn1. The molecule has 0 fully saturated rings. The first kappa shape index (κ1) is 15.6.